The predicted molar refractivity (Wildman–Crippen MR) is 30.2 cm³/mol. The summed E-state index contributed by atoms with van der Waals surface area (Å²) in [4.78, 5) is 13.4. The van der Waals surface area contributed by atoms with E-state index in [1.807, 2.05) is 0 Å². The Morgan fingerprint density at radius 1 is 1.80 bits per heavy atom. The first-order valence-electron chi connectivity index (χ1n) is 1.94. The molecule has 8 heteroatoms. The second-order valence-electron chi connectivity index (χ2n) is 0.988. The normalized spacial score (nSPS) is 8.40. The molecule has 0 aliphatic heterocycles. The molecule has 4 N–H and O–H groups in total. The lowest BCUT2D eigenvalue weighted by Crippen LogP contribution is -2.32. The van der Waals surface area contributed by atoms with Crippen LogP contribution in [0.1, 0.15) is 0 Å². The Labute approximate surface area is 60.3 Å². The Balaban J connectivity index is 3.06. The minimum absolute atomic E-state index is 0.235. The number of hydrogen-bond acceptors (Lipinski definition) is 6. The largest absolute Gasteiger partial charge is 0.529 e. The maximum atomic E-state index is 9.58. The number of nitrogens with one attached hydrogen (secondary N) is 2. The van der Waals surface area contributed by atoms with Crippen molar-refractivity contribution in [3.05, 3.63) is 0 Å². The molecule has 0 heterocycles. The third kappa shape index (κ3) is 6.85. The summed E-state index contributed by atoms with van der Waals surface area (Å²) in [6.07, 6.45) is -1.53. The molecular formula is C2H4N3O4S-. The van der Waals surface area contributed by atoms with E-state index in [0.29, 0.717) is 0 Å². The molecule has 58 valence electrons. The van der Waals surface area contributed by atoms with Gasteiger partial charge in [0.25, 0.3) is 0 Å². The van der Waals surface area contributed by atoms with Gasteiger partial charge in [0, 0.05) is 0 Å². The van der Waals surface area contributed by atoms with Crippen LogP contribution in [0.3, 0.4) is 0 Å². The first-order valence-corrected chi connectivity index (χ1v) is 2.68. The first-order chi connectivity index (χ1) is 4.63. The van der Waals surface area contributed by atoms with Crippen LogP contribution in [-0.4, -0.2) is 12.1 Å². The van der Waals surface area contributed by atoms with Crippen LogP contribution in [0.25, 0.3) is 0 Å². The Morgan fingerprint density at radius 2 is 2.40 bits per heavy atom. The zero-order chi connectivity index (χ0) is 7.98. The standard InChI is InChI=1S/C2H5N3O4S/c3-1(4)8-9-10-5-2(6)7/h5H,(H3,3,4)(H,6,7)/p-1. The number of carbonyl (C=O) groups is 1. The van der Waals surface area contributed by atoms with Crippen LogP contribution in [0.5, 0.6) is 0 Å². The van der Waals surface area contributed by atoms with Crippen LogP contribution in [0.2, 0.25) is 0 Å². The predicted octanol–water partition coefficient (Wildman–Crippen LogP) is -1.68. The van der Waals surface area contributed by atoms with E-state index in [1.54, 1.807) is 4.72 Å². The minimum atomic E-state index is -1.53. The fraction of sp³-hybridized carbons (Fsp3) is 0. The third-order valence-electron chi connectivity index (χ3n) is 0.283. The summed E-state index contributed by atoms with van der Waals surface area (Å²) in [5.41, 5.74) is 4.64. The quantitative estimate of drug-likeness (QED) is 0.0876. The third-order valence-corrected chi connectivity index (χ3v) is 0.669. The van der Waals surface area contributed by atoms with Crippen LogP contribution >= 0.6 is 12.2 Å². The number of hydrogen-bond donors (Lipinski definition) is 3. The molecule has 0 rings (SSSR count). The van der Waals surface area contributed by atoms with Crippen LogP contribution in [0, 0.1) is 5.41 Å². The number of amidine groups is 1. The molecule has 1 amide bonds. The molecule has 0 radical (unpaired) electrons. The molecule has 0 aromatic heterocycles. The van der Waals surface area contributed by atoms with E-state index in [9.17, 15) is 9.90 Å². The van der Waals surface area contributed by atoms with Gasteiger partial charge >= 0.3 is 6.02 Å². The smallest absolute Gasteiger partial charge is 0.318 e. The van der Waals surface area contributed by atoms with Gasteiger partial charge in [-0.2, -0.15) is 0 Å². The number of carbonyl (C=O) groups excluding carboxylic acids is 1. The van der Waals surface area contributed by atoms with Gasteiger partial charge in [-0.15, -0.1) is 0 Å². The highest BCUT2D eigenvalue weighted by Gasteiger charge is 1.90. The maximum absolute atomic E-state index is 9.58. The second-order valence-corrected chi connectivity index (χ2v) is 1.50. The van der Waals surface area contributed by atoms with E-state index in [-0.39, 0.29) is 12.2 Å². The summed E-state index contributed by atoms with van der Waals surface area (Å²) in [5, 5.41) is 16.0. The lowest BCUT2D eigenvalue weighted by Gasteiger charge is -2.02. The van der Waals surface area contributed by atoms with E-state index in [1.165, 1.54) is 0 Å². The molecule has 0 aromatic carbocycles. The monoisotopic (exact) mass is 166 g/mol. The summed E-state index contributed by atoms with van der Waals surface area (Å²) in [6.45, 7) is 0. The highest BCUT2D eigenvalue weighted by atomic mass is 32.2. The van der Waals surface area contributed by atoms with Gasteiger partial charge in [0.05, 0.1) is 0 Å². The van der Waals surface area contributed by atoms with E-state index < -0.39 is 12.1 Å². The second kappa shape index (κ2) is 4.70. The van der Waals surface area contributed by atoms with Crippen LogP contribution < -0.4 is 15.6 Å². The van der Waals surface area contributed by atoms with Crippen LogP contribution in [0.15, 0.2) is 0 Å². The molecule has 0 saturated heterocycles. The van der Waals surface area contributed by atoms with Crippen LogP contribution in [-0.2, 0) is 9.22 Å². The van der Waals surface area contributed by atoms with Crippen molar-refractivity contribution < 1.29 is 19.1 Å². The van der Waals surface area contributed by atoms with Gasteiger partial charge in [-0.05, 0) is 0 Å². The Kier molecular flexibility index (Phi) is 4.16. The summed E-state index contributed by atoms with van der Waals surface area (Å²) in [5.74, 6) is 0. The van der Waals surface area contributed by atoms with Crippen molar-refractivity contribution in [1.82, 2.24) is 4.72 Å². The van der Waals surface area contributed by atoms with Gasteiger partial charge in [-0.25, -0.2) is 5.41 Å². The number of nitrogens with two attached hydrogens (primary N) is 1. The highest BCUT2D eigenvalue weighted by molar-refractivity contribution is 7.93. The van der Waals surface area contributed by atoms with Crippen LogP contribution in [0.4, 0.5) is 4.79 Å². The van der Waals surface area contributed by atoms with E-state index >= 15 is 0 Å². The van der Waals surface area contributed by atoms with Crippen molar-refractivity contribution in [3.63, 3.8) is 0 Å². The zero-order valence-electron chi connectivity index (χ0n) is 4.62. The SMILES string of the molecule is N=C(N)OOSNC(=O)[O-]. The average molecular weight is 166 g/mol. The number of carboxylic acid groups (broad SMARTS) is 1. The van der Waals surface area contributed by atoms with Gasteiger partial charge in [0.15, 0.2) is 12.2 Å². The van der Waals surface area contributed by atoms with Crippen molar-refractivity contribution in [2.45, 2.75) is 0 Å². The molecule has 0 fully saturated rings. The van der Waals surface area contributed by atoms with Crippen molar-refractivity contribution >= 4 is 24.3 Å². The fourth-order valence-corrected chi connectivity index (χ4v) is 0.314. The number of amides is 1. The molecular weight excluding hydrogens is 162 g/mol. The summed E-state index contributed by atoms with van der Waals surface area (Å²) in [7, 11) is 0. The van der Waals surface area contributed by atoms with Crippen molar-refractivity contribution in [3.8, 4) is 0 Å². The maximum Gasteiger partial charge on any atom is 0.318 e. The molecule has 0 aliphatic rings. The van der Waals surface area contributed by atoms with Gasteiger partial charge < -0.3 is 15.6 Å². The van der Waals surface area contributed by atoms with Crippen molar-refractivity contribution in [2.24, 2.45) is 5.73 Å². The van der Waals surface area contributed by atoms with Gasteiger partial charge in [0.1, 0.15) is 6.09 Å². The van der Waals surface area contributed by atoms with E-state index in [4.69, 9.17) is 5.41 Å². The van der Waals surface area contributed by atoms with E-state index in [0.717, 1.165) is 0 Å². The first kappa shape index (κ1) is 8.85. The molecule has 0 saturated carbocycles. The van der Waals surface area contributed by atoms with Gasteiger partial charge in [-0.1, -0.05) is 4.33 Å². The summed E-state index contributed by atoms with van der Waals surface area (Å²) < 4.78 is 5.56. The lowest BCUT2D eigenvalue weighted by atomic mass is 11.2. The lowest BCUT2D eigenvalue weighted by molar-refractivity contribution is -0.248. The molecule has 7 nitrogen and oxygen atoms in total. The number of rotatable bonds is 3. The Bertz CT molecular complexity index is 122. The molecule has 0 aromatic rings. The Morgan fingerprint density at radius 3 is 2.80 bits per heavy atom. The summed E-state index contributed by atoms with van der Waals surface area (Å²) in [6, 6.07) is -0.673. The molecule has 0 spiro atoms. The molecule has 0 bridgehead atoms. The summed E-state index contributed by atoms with van der Waals surface area (Å²) >= 11 is 0.235. The highest BCUT2D eigenvalue weighted by Crippen LogP contribution is 1.94. The average Bonchev–Trinajstić information content (AvgIpc) is 1.79. The Hall–Kier alpha value is -1.15. The molecule has 0 unspecified atom stereocenters. The van der Waals surface area contributed by atoms with E-state index in [2.05, 4.69) is 15.0 Å². The zero-order valence-corrected chi connectivity index (χ0v) is 5.44. The molecule has 0 aliphatic carbocycles. The van der Waals surface area contributed by atoms with Crippen molar-refractivity contribution in [1.29, 1.82) is 5.41 Å². The molecule has 10 heavy (non-hydrogen) atoms. The van der Waals surface area contributed by atoms with Gasteiger partial charge in [0.2, 0.25) is 0 Å². The van der Waals surface area contributed by atoms with Crippen molar-refractivity contribution in [2.75, 3.05) is 0 Å². The minimum Gasteiger partial charge on any atom is -0.529 e. The fourth-order valence-electron chi connectivity index (χ4n) is 0.105. The topological polar surface area (TPSA) is 120 Å². The molecule has 0 atom stereocenters. The van der Waals surface area contributed by atoms with Gasteiger partial charge in [-0.3, -0.25) is 9.61 Å².